The summed E-state index contributed by atoms with van der Waals surface area (Å²) in [4.78, 5) is 1.46. The van der Waals surface area contributed by atoms with Gasteiger partial charge in [0, 0.05) is 20.8 Å². The molecule has 0 aromatic carbocycles. The maximum Gasteiger partial charge on any atom is 0.0415 e. The first-order valence-corrected chi connectivity index (χ1v) is 6.88. The first kappa shape index (κ1) is 10.7. The second kappa shape index (κ2) is 4.77. The first-order valence-electron chi connectivity index (χ1n) is 5.21. The molecule has 1 saturated carbocycles. The van der Waals surface area contributed by atoms with Gasteiger partial charge in [0.2, 0.25) is 0 Å². The molecule has 1 aliphatic carbocycles. The molecule has 78 valence electrons. The maximum atomic E-state index is 3.51. The minimum atomic E-state index is 0.566. The summed E-state index contributed by atoms with van der Waals surface area (Å²) < 4.78 is 1.21. The van der Waals surface area contributed by atoms with Gasteiger partial charge in [0.25, 0.3) is 0 Å². The molecular formula is C11H16BrNS. The lowest BCUT2D eigenvalue weighted by atomic mass is 9.80. The van der Waals surface area contributed by atoms with Gasteiger partial charge in [0.05, 0.1) is 0 Å². The molecule has 0 saturated heterocycles. The van der Waals surface area contributed by atoms with Gasteiger partial charge in [-0.3, -0.25) is 0 Å². The molecule has 1 nitrogen and oxygen atoms in total. The van der Waals surface area contributed by atoms with E-state index in [0.29, 0.717) is 6.04 Å². The Kier molecular flexibility index (Phi) is 3.63. The average Bonchev–Trinajstić information content (AvgIpc) is 2.50. The summed E-state index contributed by atoms with van der Waals surface area (Å²) in [5.74, 6) is 0.966. The molecule has 1 N–H and O–H groups in total. The number of thiophene rings is 1. The molecule has 0 bridgehead atoms. The molecule has 1 fully saturated rings. The fraction of sp³-hybridized carbons (Fsp3) is 0.636. The van der Waals surface area contributed by atoms with Crippen LogP contribution < -0.4 is 5.32 Å². The van der Waals surface area contributed by atoms with Crippen molar-refractivity contribution in [2.45, 2.75) is 31.7 Å². The predicted octanol–water partition coefficient (Wildman–Crippen LogP) is 3.96. The van der Waals surface area contributed by atoms with Crippen LogP contribution in [0.4, 0.5) is 0 Å². The van der Waals surface area contributed by atoms with Crippen LogP contribution in [0, 0.1) is 5.92 Å². The van der Waals surface area contributed by atoms with Gasteiger partial charge in [-0.05, 0) is 41.4 Å². The van der Waals surface area contributed by atoms with Crippen LogP contribution >= 0.6 is 27.3 Å². The van der Waals surface area contributed by atoms with Crippen LogP contribution in [0.5, 0.6) is 0 Å². The third-order valence-electron chi connectivity index (χ3n) is 3.07. The van der Waals surface area contributed by atoms with Gasteiger partial charge in [-0.15, -0.1) is 11.3 Å². The highest BCUT2D eigenvalue weighted by Gasteiger charge is 2.22. The average molecular weight is 274 g/mol. The van der Waals surface area contributed by atoms with Gasteiger partial charge in [-0.1, -0.05) is 19.3 Å². The Morgan fingerprint density at radius 1 is 1.64 bits per heavy atom. The summed E-state index contributed by atoms with van der Waals surface area (Å²) >= 11 is 5.36. The van der Waals surface area contributed by atoms with Crippen LogP contribution in [-0.2, 0) is 0 Å². The van der Waals surface area contributed by atoms with Crippen LogP contribution in [0.3, 0.4) is 0 Å². The third kappa shape index (κ3) is 2.38. The highest BCUT2D eigenvalue weighted by Crippen LogP contribution is 2.36. The van der Waals surface area contributed by atoms with Crippen molar-refractivity contribution in [3.05, 3.63) is 20.8 Å². The Balaban J connectivity index is 1.97. The predicted molar refractivity (Wildman–Crippen MR) is 65.8 cm³/mol. The number of hydrogen-bond acceptors (Lipinski definition) is 2. The van der Waals surface area contributed by atoms with E-state index < -0.39 is 0 Å². The fourth-order valence-electron chi connectivity index (χ4n) is 1.95. The van der Waals surface area contributed by atoms with E-state index in [9.17, 15) is 0 Å². The molecule has 3 heteroatoms. The van der Waals surface area contributed by atoms with Gasteiger partial charge in [-0.2, -0.15) is 0 Å². The Morgan fingerprint density at radius 3 is 2.86 bits per heavy atom. The monoisotopic (exact) mass is 273 g/mol. The van der Waals surface area contributed by atoms with E-state index in [-0.39, 0.29) is 0 Å². The first-order chi connectivity index (χ1) is 6.79. The minimum Gasteiger partial charge on any atom is -0.312 e. The van der Waals surface area contributed by atoms with Crippen molar-refractivity contribution >= 4 is 27.3 Å². The van der Waals surface area contributed by atoms with Crippen molar-refractivity contribution in [1.82, 2.24) is 5.32 Å². The molecule has 1 aliphatic rings. The SMILES string of the molecule is CNC(CC1CCC1)c1cc(Br)cs1. The van der Waals surface area contributed by atoms with Gasteiger partial charge in [-0.25, -0.2) is 0 Å². The summed E-state index contributed by atoms with van der Waals surface area (Å²) in [7, 11) is 2.07. The number of nitrogens with one attached hydrogen (secondary N) is 1. The Hall–Kier alpha value is 0.140. The molecule has 0 radical (unpaired) electrons. The highest BCUT2D eigenvalue weighted by atomic mass is 79.9. The zero-order chi connectivity index (χ0) is 9.97. The smallest absolute Gasteiger partial charge is 0.0415 e. The highest BCUT2D eigenvalue weighted by molar-refractivity contribution is 9.10. The lowest BCUT2D eigenvalue weighted by molar-refractivity contribution is 0.267. The lowest BCUT2D eigenvalue weighted by Gasteiger charge is -2.29. The molecule has 1 aromatic heterocycles. The maximum absolute atomic E-state index is 3.51. The summed E-state index contributed by atoms with van der Waals surface area (Å²) in [5, 5.41) is 5.59. The molecule has 0 spiro atoms. The van der Waals surface area contributed by atoms with E-state index in [1.807, 2.05) is 11.3 Å². The Labute approximate surface area is 98.0 Å². The molecule has 1 unspecified atom stereocenters. The van der Waals surface area contributed by atoms with Crippen LogP contribution in [0.1, 0.15) is 36.6 Å². The summed E-state index contributed by atoms with van der Waals surface area (Å²) in [6.07, 6.45) is 5.62. The summed E-state index contributed by atoms with van der Waals surface area (Å²) in [6.45, 7) is 0. The Bertz CT molecular complexity index is 293. The van der Waals surface area contributed by atoms with Crippen LogP contribution in [0.2, 0.25) is 0 Å². The standard InChI is InChI=1S/C11H16BrNS/c1-13-10(5-8-3-2-4-8)11-6-9(12)7-14-11/h6-8,10,13H,2-5H2,1H3. The van der Waals surface area contributed by atoms with Gasteiger partial charge < -0.3 is 5.32 Å². The van der Waals surface area contributed by atoms with Crippen LogP contribution in [0.15, 0.2) is 15.9 Å². The molecule has 1 heterocycles. The van der Waals surface area contributed by atoms with Gasteiger partial charge in [0.1, 0.15) is 0 Å². The quantitative estimate of drug-likeness (QED) is 0.876. The van der Waals surface area contributed by atoms with Crippen molar-refractivity contribution in [3.63, 3.8) is 0 Å². The van der Waals surface area contributed by atoms with E-state index in [0.717, 1.165) is 5.92 Å². The second-order valence-corrected chi connectivity index (χ2v) is 5.90. The van der Waals surface area contributed by atoms with Crippen molar-refractivity contribution in [2.75, 3.05) is 7.05 Å². The molecule has 1 aromatic rings. The second-order valence-electron chi connectivity index (χ2n) is 4.04. The van der Waals surface area contributed by atoms with E-state index in [1.54, 1.807) is 0 Å². The molecular weight excluding hydrogens is 258 g/mol. The van der Waals surface area contributed by atoms with Gasteiger partial charge >= 0.3 is 0 Å². The topological polar surface area (TPSA) is 12.0 Å². The lowest BCUT2D eigenvalue weighted by Crippen LogP contribution is -2.22. The zero-order valence-corrected chi connectivity index (χ0v) is 10.8. The van der Waals surface area contributed by atoms with Crippen molar-refractivity contribution in [3.8, 4) is 0 Å². The van der Waals surface area contributed by atoms with Gasteiger partial charge in [0.15, 0.2) is 0 Å². The van der Waals surface area contributed by atoms with Crippen molar-refractivity contribution < 1.29 is 0 Å². The zero-order valence-electron chi connectivity index (χ0n) is 8.42. The van der Waals surface area contributed by atoms with E-state index in [4.69, 9.17) is 0 Å². The summed E-state index contributed by atoms with van der Waals surface area (Å²) in [5.41, 5.74) is 0. The normalized spacial score (nSPS) is 19.3. The minimum absolute atomic E-state index is 0.566. The van der Waals surface area contributed by atoms with Crippen LogP contribution in [0.25, 0.3) is 0 Å². The molecule has 14 heavy (non-hydrogen) atoms. The van der Waals surface area contributed by atoms with E-state index in [1.165, 1.54) is 35.0 Å². The molecule has 1 atom stereocenters. The number of halogens is 1. The fourth-order valence-corrected chi connectivity index (χ4v) is 3.52. The molecule has 0 amide bonds. The third-order valence-corrected chi connectivity index (χ3v) is 4.88. The Morgan fingerprint density at radius 2 is 2.43 bits per heavy atom. The largest absolute Gasteiger partial charge is 0.312 e. The summed E-state index contributed by atoms with van der Waals surface area (Å²) in [6, 6.07) is 2.81. The number of rotatable bonds is 4. The van der Waals surface area contributed by atoms with Crippen molar-refractivity contribution in [2.24, 2.45) is 5.92 Å². The number of hydrogen-bond donors (Lipinski definition) is 1. The van der Waals surface area contributed by atoms with E-state index >= 15 is 0 Å². The van der Waals surface area contributed by atoms with Crippen LogP contribution in [-0.4, -0.2) is 7.05 Å². The van der Waals surface area contributed by atoms with Crippen molar-refractivity contribution in [1.29, 1.82) is 0 Å². The van der Waals surface area contributed by atoms with E-state index in [2.05, 4.69) is 39.7 Å². The molecule has 0 aliphatic heterocycles. The molecule has 2 rings (SSSR count).